The van der Waals surface area contributed by atoms with Crippen molar-refractivity contribution in [3.8, 4) is 5.75 Å². The van der Waals surface area contributed by atoms with Gasteiger partial charge < -0.3 is 10.1 Å². The van der Waals surface area contributed by atoms with E-state index in [0.29, 0.717) is 13.0 Å². The van der Waals surface area contributed by atoms with E-state index in [2.05, 4.69) is 24.1 Å². The van der Waals surface area contributed by atoms with Gasteiger partial charge in [-0.05, 0) is 25.5 Å². The molecule has 1 aromatic carbocycles. The molecule has 0 unspecified atom stereocenters. The van der Waals surface area contributed by atoms with Crippen molar-refractivity contribution in [3.63, 3.8) is 0 Å². The first-order valence-corrected chi connectivity index (χ1v) is 8.01. The van der Waals surface area contributed by atoms with Crippen molar-refractivity contribution in [2.24, 2.45) is 0 Å². The summed E-state index contributed by atoms with van der Waals surface area (Å²) >= 11 is 1.66. The smallest absolute Gasteiger partial charge is 0.257 e. The standard InChI is InChI=1S/C16H19FN2O2S/c1-3-13-11(2)22-16(19-13)8-9-18-15(20)10-21-14-7-5-4-6-12(14)17/h4-7H,3,8-10H2,1-2H3,(H,18,20). The summed E-state index contributed by atoms with van der Waals surface area (Å²) < 4.78 is 18.5. The van der Waals surface area contributed by atoms with Gasteiger partial charge in [0, 0.05) is 17.8 Å². The van der Waals surface area contributed by atoms with Crippen LogP contribution < -0.4 is 10.1 Å². The number of carbonyl (C=O) groups excluding carboxylic acids is 1. The quantitative estimate of drug-likeness (QED) is 0.853. The number of hydrogen-bond donors (Lipinski definition) is 1. The maximum absolute atomic E-state index is 13.3. The monoisotopic (exact) mass is 322 g/mol. The molecule has 4 nitrogen and oxygen atoms in total. The highest BCUT2D eigenvalue weighted by Gasteiger charge is 2.08. The van der Waals surface area contributed by atoms with Crippen LogP contribution in [0.1, 0.15) is 22.5 Å². The minimum Gasteiger partial charge on any atom is -0.481 e. The van der Waals surface area contributed by atoms with Gasteiger partial charge in [0.15, 0.2) is 18.2 Å². The Balaban J connectivity index is 1.72. The number of hydrogen-bond acceptors (Lipinski definition) is 4. The molecule has 1 N–H and O–H groups in total. The lowest BCUT2D eigenvalue weighted by Crippen LogP contribution is -2.30. The van der Waals surface area contributed by atoms with Crippen LogP contribution in [-0.4, -0.2) is 24.0 Å². The lowest BCUT2D eigenvalue weighted by Gasteiger charge is -2.07. The normalized spacial score (nSPS) is 10.5. The molecule has 0 saturated carbocycles. The number of rotatable bonds is 7. The number of ether oxygens (including phenoxy) is 1. The molecule has 118 valence electrons. The third kappa shape index (κ3) is 4.53. The second-order valence-corrected chi connectivity index (χ2v) is 6.07. The number of nitrogens with one attached hydrogen (secondary N) is 1. The third-order valence-corrected chi connectivity index (χ3v) is 4.20. The number of nitrogens with zero attached hydrogens (tertiary/aromatic N) is 1. The summed E-state index contributed by atoms with van der Waals surface area (Å²) in [7, 11) is 0. The van der Waals surface area contributed by atoms with Crippen molar-refractivity contribution in [2.45, 2.75) is 26.7 Å². The summed E-state index contributed by atoms with van der Waals surface area (Å²) in [5.74, 6) is -0.659. The Hall–Kier alpha value is -1.95. The van der Waals surface area contributed by atoms with Gasteiger partial charge in [-0.1, -0.05) is 19.1 Å². The van der Waals surface area contributed by atoms with Crippen LogP contribution in [0, 0.1) is 12.7 Å². The Morgan fingerprint density at radius 1 is 1.41 bits per heavy atom. The van der Waals surface area contributed by atoms with Crippen LogP contribution in [0.3, 0.4) is 0 Å². The Kier molecular flexibility index (Phi) is 5.89. The van der Waals surface area contributed by atoms with Crippen molar-refractivity contribution in [3.05, 3.63) is 45.7 Å². The Morgan fingerprint density at radius 3 is 2.86 bits per heavy atom. The molecule has 0 atom stereocenters. The molecule has 6 heteroatoms. The number of thiazole rings is 1. The molecule has 2 aromatic rings. The maximum Gasteiger partial charge on any atom is 0.257 e. The summed E-state index contributed by atoms with van der Waals surface area (Å²) in [6.45, 7) is 4.43. The molecule has 1 amide bonds. The number of aryl methyl sites for hydroxylation is 2. The predicted octanol–water partition coefficient (Wildman–Crippen LogP) is 2.89. The van der Waals surface area contributed by atoms with Crippen molar-refractivity contribution in [1.29, 1.82) is 0 Å². The van der Waals surface area contributed by atoms with Gasteiger partial charge in [0.1, 0.15) is 0 Å². The van der Waals surface area contributed by atoms with Gasteiger partial charge in [-0.15, -0.1) is 11.3 Å². The van der Waals surface area contributed by atoms with Gasteiger partial charge in [-0.25, -0.2) is 9.37 Å². The number of halogens is 1. The first-order chi connectivity index (χ1) is 10.6. The van der Waals surface area contributed by atoms with Gasteiger partial charge in [0.05, 0.1) is 10.7 Å². The second kappa shape index (κ2) is 7.89. The maximum atomic E-state index is 13.3. The van der Waals surface area contributed by atoms with Gasteiger partial charge in [0.25, 0.3) is 5.91 Å². The topological polar surface area (TPSA) is 51.2 Å². The average Bonchev–Trinajstić information content (AvgIpc) is 2.86. The van der Waals surface area contributed by atoms with Crippen LogP contribution in [-0.2, 0) is 17.6 Å². The van der Waals surface area contributed by atoms with E-state index in [1.54, 1.807) is 23.5 Å². The Bertz CT molecular complexity index is 643. The van der Waals surface area contributed by atoms with E-state index in [-0.39, 0.29) is 18.3 Å². The lowest BCUT2D eigenvalue weighted by atomic mass is 10.3. The van der Waals surface area contributed by atoms with E-state index in [1.807, 2.05) is 0 Å². The molecule has 0 radical (unpaired) electrons. The average molecular weight is 322 g/mol. The highest BCUT2D eigenvalue weighted by atomic mass is 32.1. The van der Waals surface area contributed by atoms with Gasteiger partial charge >= 0.3 is 0 Å². The first-order valence-electron chi connectivity index (χ1n) is 7.19. The van der Waals surface area contributed by atoms with Gasteiger partial charge in [0.2, 0.25) is 0 Å². The number of carbonyl (C=O) groups is 1. The molecule has 0 aliphatic rings. The van der Waals surface area contributed by atoms with E-state index in [1.165, 1.54) is 17.0 Å². The van der Waals surface area contributed by atoms with Crippen LogP contribution in [0.25, 0.3) is 0 Å². The molecule has 0 spiro atoms. The fourth-order valence-electron chi connectivity index (χ4n) is 1.99. The molecular weight excluding hydrogens is 303 g/mol. The van der Waals surface area contributed by atoms with Crippen LogP contribution in [0.15, 0.2) is 24.3 Å². The third-order valence-electron chi connectivity index (χ3n) is 3.13. The zero-order valence-electron chi connectivity index (χ0n) is 12.7. The predicted molar refractivity (Wildman–Crippen MR) is 84.8 cm³/mol. The molecule has 22 heavy (non-hydrogen) atoms. The van der Waals surface area contributed by atoms with E-state index in [9.17, 15) is 9.18 Å². The largest absolute Gasteiger partial charge is 0.481 e. The highest BCUT2D eigenvalue weighted by Crippen LogP contribution is 2.18. The van der Waals surface area contributed by atoms with Crippen molar-refractivity contribution in [2.75, 3.05) is 13.2 Å². The summed E-state index contributed by atoms with van der Waals surface area (Å²) in [5, 5.41) is 3.77. The minimum absolute atomic E-state index is 0.0841. The molecule has 2 rings (SSSR count). The van der Waals surface area contributed by atoms with Crippen molar-refractivity contribution < 1.29 is 13.9 Å². The minimum atomic E-state index is -0.472. The Labute approximate surface area is 133 Å². The zero-order valence-corrected chi connectivity index (χ0v) is 13.5. The van der Waals surface area contributed by atoms with Crippen LogP contribution in [0.4, 0.5) is 4.39 Å². The molecule has 0 aliphatic heterocycles. The van der Waals surface area contributed by atoms with E-state index >= 15 is 0 Å². The SMILES string of the molecule is CCc1nc(CCNC(=O)COc2ccccc2F)sc1C. The van der Waals surface area contributed by atoms with Crippen LogP contribution in [0.5, 0.6) is 5.75 Å². The van der Waals surface area contributed by atoms with E-state index in [4.69, 9.17) is 4.74 Å². The molecule has 1 aromatic heterocycles. The fourth-order valence-corrected chi connectivity index (χ4v) is 3.01. The first kappa shape index (κ1) is 16.4. The Morgan fingerprint density at radius 2 is 2.18 bits per heavy atom. The molecule has 0 saturated heterocycles. The summed E-state index contributed by atoms with van der Waals surface area (Å²) in [6, 6.07) is 6.02. The lowest BCUT2D eigenvalue weighted by molar-refractivity contribution is -0.123. The van der Waals surface area contributed by atoms with Gasteiger partial charge in [-0.3, -0.25) is 4.79 Å². The molecule has 1 heterocycles. The zero-order chi connectivity index (χ0) is 15.9. The molecule has 0 fully saturated rings. The van der Waals surface area contributed by atoms with E-state index < -0.39 is 5.82 Å². The second-order valence-electron chi connectivity index (χ2n) is 4.78. The number of amides is 1. The number of aromatic nitrogens is 1. The molecular formula is C16H19FN2O2S. The van der Waals surface area contributed by atoms with Crippen LogP contribution in [0.2, 0.25) is 0 Å². The summed E-state index contributed by atoms with van der Waals surface area (Å²) in [6.07, 6.45) is 1.61. The summed E-state index contributed by atoms with van der Waals surface area (Å²) in [5.41, 5.74) is 1.12. The highest BCUT2D eigenvalue weighted by molar-refractivity contribution is 7.11. The fraction of sp³-hybridized carbons (Fsp3) is 0.375. The van der Waals surface area contributed by atoms with E-state index in [0.717, 1.165) is 17.1 Å². The summed E-state index contributed by atoms with van der Waals surface area (Å²) in [4.78, 5) is 17.4. The van der Waals surface area contributed by atoms with Crippen molar-refractivity contribution >= 4 is 17.2 Å². The molecule has 0 aliphatic carbocycles. The number of benzene rings is 1. The van der Waals surface area contributed by atoms with Gasteiger partial charge in [-0.2, -0.15) is 0 Å². The van der Waals surface area contributed by atoms with Crippen molar-refractivity contribution in [1.82, 2.24) is 10.3 Å². The van der Waals surface area contributed by atoms with Crippen LogP contribution >= 0.6 is 11.3 Å². The molecule has 0 bridgehead atoms. The number of para-hydroxylation sites is 1.